The minimum Gasteiger partial charge on any atom is -0.356 e. The summed E-state index contributed by atoms with van der Waals surface area (Å²) in [5.41, 5.74) is 2.53. The lowest BCUT2D eigenvalue weighted by molar-refractivity contribution is -0.124. The van der Waals surface area contributed by atoms with Gasteiger partial charge in [-0.15, -0.1) is 0 Å². The van der Waals surface area contributed by atoms with Crippen molar-refractivity contribution in [2.24, 2.45) is 5.92 Å². The van der Waals surface area contributed by atoms with E-state index in [-0.39, 0.29) is 28.7 Å². The van der Waals surface area contributed by atoms with Crippen LogP contribution in [0, 0.1) is 5.92 Å². The van der Waals surface area contributed by atoms with E-state index >= 15 is 0 Å². The molecule has 33 heavy (non-hydrogen) atoms. The molecule has 2 saturated heterocycles. The third kappa shape index (κ3) is 5.01. The molecule has 0 aromatic heterocycles. The maximum atomic E-state index is 12.8. The fraction of sp³-hybridized carbons (Fsp3) is 0.417. The zero-order chi connectivity index (χ0) is 23.8. The lowest BCUT2D eigenvalue weighted by Crippen LogP contribution is -2.53. The fourth-order valence-electron chi connectivity index (χ4n) is 4.49. The van der Waals surface area contributed by atoms with E-state index in [2.05, 4.69) is 5.32 Å². The summed E-state index contributed by atoms with van der Waals surface area (Å²) in [6, 6.07) is 12.7. The molecular formula is C24H28ClN3O4S. The van der Waals surface area contributed by atoms with Gasteiger partial charge >= 0.3 is 6.03 Å². The molecule has 4 rings (SSSR count). The molecule has 2 aromatic carbocycles. The lowest BCUT2D eigenvalue weighted by Gasteiger charge is -2.41. The second-order valence-corrected chi connectivity index (χ2v) is 11.2. The quantitative estimate of drug-likeness (QED) is 0.697. The summed E-state index contributed by atoms with van der Waals surface area (Å²) in [6.45, 7) is 4.85. The second kappa shape index (κ2) is 9.35. The summed E-state index contributed by atoms with van der Waals surface area (Å²) in [5.74, 6) is 0.140. The van der Waals surface area contributed by atoms with E-state index in [0.717, 1.165) is 11.1 Å². The Kier molecular flexibility index (Phi) is 6.68. The number of benzene rings is 2. The smallest absolute Gasteiger partial charge is 0.320 e. The van der Waals surface area contributed by atoms with Gasteiger partial charge in [-0.05, 0) is 36.6 Å². The predicted molar refractivity (Wildman–Crippen MR) is 128 cm³/mol. The molecular weight excluding hydrogens is 462 g/mol. The summed E-state index contributed by atoms with van der Waals surface area (Å²) in [6.07, 6.45) is 1.88. The highest BCUT2D eigenvalue weighted by molar-refractivity contribution is 7.90. The van der Waals surface area contributed by atoms with Gasteiger partial charge in [0.25, 0.3) is 0 Å². The van der Waals surface area contributed by atoms with Crippen LogP contribution in [0.15, 0.2) is 47.4 Å². The van der Waals surface area contributed by atoms with E-state index < -0.39 is 9.84 Å². The molecule has 2 heterocycles. The van der Waals surface area contributed by atoms with Crippen molar-refractivity contribution in [3.63, 3.8) is 0 Å². The first kappa shape index (κ1) is 23.6. The predicted octanol–water partition coefficient (Wildman–Crippen LogP) is 3.39. The Morgan fingerprint density at radius 3 is 2.39 bits per heavy atom. The van der Waals surface area contributed by atoms with E-state index in [1.54, 1.807) is 17.0 Å². The Morgan fingerprint density at radius 1 is 1.06 bits per heavy atom. The van der Waals surface area contributed by atoms with Crippen LogP contribution < -0.4 is 5.32 Å². The number of carbonyl (C=O) groups excluding carboxylic acids is 2. The third-order valence-corrected chi connectivity index (χ3v) is 7.74. The van der Waals surface area contributed by atoms with E-state index in [1.165, 1.54) is 12.3 Å². The molecule has 3 amide bonds. The largest absolute Gasteiger partial charge is 0.356 e. The minimum absolute atomic E-state index is 0.00590. The molecule has 176 valence electrons. The van der Waals surface area contributed by atoms with Gasteiger partial charge in [-0.2, -0.15) is 0 Å². The first-order valence-corrected chi connectivity index (χ1v) is 13.4. The number of amides is 3. The average Bonchev–Trinajstić information content (AvgIpc) is 3.23. The molecule has 0 aliphatic carbocycles. The molecule has 7 nitrogen and oxygen atoms in total. The van der Waals surface area contributed by atoms with Crippen molar-refractivity contribution in [2.45, 2.75) is 24.2 Å². The first-order valence-electron chi connectivity index (χ1n) is 11.1. The molecule has 0 unspecified atom stereocenters. The van der Waals surface area contributed by atoms with E-state index in [4.69, 9.17) is 11.6 Å². The Morgan fingerprint density at radius 2 is 1.76 bits per heavy atom. The van der Waals surface area contributed by atoms with Crippen LogP contribution in [0.1, 0.15) is 24.8 Å². The lowest BCUT2D eigenvalue weighted by atomic mass is 9.90. The molecule has 2 fully saturated rings. The van der Waals surface area contributed by atoms with Crippen molar-refractivity contribution in [2.75, 3.05) is 39.0 Å². The molecule has 0 radical (unpaired) electrons. The zero-order valence-electron chi connectivity index (χ0n) is 18.8. The number of carbonyl (C=O) groups is 2. The highest BCUT2D eigenvalue weighted by atomic mass is 35.5. The van der Waals surface area contributed by atoms with E-state index in [0.29, 0.717) is 49.7 Å². The second-order valence-electron chi connectivity index (χ2n) is 8.75. The van der Waals surface area contributed by atoms with Crippen molar-refractivity contribution in [3.05, 3.63) is 53.1 Å². The van der Waals surface area contributed by atoms with Crippen molar-refractivity contribution >= 4 is 33.4 Å². The van der Waals surface area contributed by atoms with Gasteiger partial charge in [-0.1, -0.05) is 41.9 Å². The standard InChI is InChI=1S/C24H28ClN3O4S/c1-3-26-23(29)18-10-11-27(13-18)24(30)28-14-19(15-28)16-4-6-17(7-5-16)21-9-8-20(25)12-22(21)33(2,31)32/h4-9,12,18-19H,3,10-11,13-15H2,1-2H3,(H,26,29)/t18-/m0/s1. The number of nitrogens with zero attached hydrogens (tertiary/aromatic N) is 2. The number of hydrogen-bond acceptors (Lipinski definition) is 4. The van der Waals surface area contributed by atoms with Gasteiger partial charge in [-0.25, -0.2) is 13.2 Å². The first-order chi connectivity index (χ1) is 15.7. The number of halogens is 1. The molecule has 9 heteroatoms. The number of sulfone groups is 1. The van der Waals surface area contributed by atoms with Crippen molar-refractivity contribution in [1.82, 2.24) is 15.1 Å². The third-order valence-electron chi connectivity index (χ3n) is 6.37. The maximum absolute atomic E-state index is 12.8. The number of urea groups is 1. The van der Waals surface area contributed by atoms with Crippen LogP contribution in [0.4, 0.5) is 4.79 Å². The molecule has 1 N–H and O–H groups in total. The normalized spacial score (nSPS) is 18.8. The SMILES string of the molecule is CCNC(=O)[C@H]1CCN(C(=O)N2CC(c3ccc(-c4ccc(Cl)cc4S(C)(=O)=O)cc3)C2)C1. The van der Waals surface area contributed by atoms with Crippen molar-refractivity contribution in [1.29, 1.82) is 0 Å². The maximum Gasteiger partial charge on any atom is 0.320 e. The summed E-state index contributed by atoms with van der Waals surface area (Å²) in [5, 5.41) is 3.21. The van der Waals surface area contributed by atoms with Crippen LogP contribution in [0.3, 0.4) is 0 Å². The van der Waals surface area contributed by atoms with E-state index in [9.17, 15) is 18.0 Å². The molecule has 2 aliphatic heterocycles. The minimum atomic E-state index is -3.42. The van der Waals surface area contributed by atoms with Crippen molar-refractivity contribution in [3.8, 4) is 11.1 Å². The highest BCUT2D eigenvalue weighted by Gasteiger charge is 2.38. The van der Waals surface area contributed by atoms with Gasteiger partial charge in [0.15, 0.2) is 9.84 Å². The summed E-state index contributed by atoms with van der Waals surface area (Å²) in [4.78, 5) is 28.6. The molecule has 0 saturated carbocycles. The van der Waals surface area contributed by atoms with Crippen LogP contribution in [-0.2, 0) is 14.6 Å². The number of hydrogen-bond donors (Lipinski definition) is 1. The molecule has 2 aliphatic rings. The Hall–Kier alpha value is -2.58. The Bertz CT molecular complexity index is 1160. The molecule has 1 atom stereocenters. The van der Waals surface area contributed by atoms with Crippen LogP contribution in [-0.4, -0.2) is 69.1 Å². The zero-order valence-corrected chi connectivity index (χ0v) is 20.3. The van der Waals surface area contributed by atoms with E-state index in [1.807, 2.05) is 36.1 Å². The molecule has 2 aromatic rings. The monoisotopic (exact) mass is 489 g/mol. The number of likely N-dealkylation sites (tertiary alicyclic amines) is 2. The topological polar surface area (TPSA) is 86.8 Å². The fourth-order valence-corrected chi connectivity index (χ4v) is 5.65. The summed E-state index contributed by atoms with van der Waals surface area (Å²) < 4.78 is 24.4. The van der Waals surface area contributed by atoms with Crippen LogP contribution in [0.5, 0.6) is 0 Å². The average molecular weight is 490 g/mol. The molecule has 0 bridgehead atoms. The summed E-state index contributed by atoms with van der Waals surface area (Å²) >= 11 is 6.01. The number of nitrogens with one attached hydrogen (secondary N) is 1. The molecule has 0 spiro atoms. The Balaban J connectivity index is 1.38. The van der Waals surface area contributed by atoms with Gasteiger partial charge in [0.05, 0.1) is 10.8 Å². The number of rotatable bonds is 5. The van der Waals surface area contributed by atoms with Gasteiger partial charge < -0.3 is 15.1 Å². The van der Waals surface area contributed by atoms with Gasteiger partial charge in [0, 0.05) is 55.5 Å². The van der Waals surface area contributed by atoms with Crippen LogP contribution in [0.25, 0.3) is 11.1 Å². The summed E-state index contributed by atoms with van der Waals surface area (Å²) in [7, 11) is -3.42. The van der Waals surface area contributed by atoms with Gasteiger partial charge in [0.1, 0.15) is 0 Å². The van der Waals surface area contributed by atoms with Crippen LogP contribution in [0.2, 0.25) is 5.02 Å². The van der Waals surface area contributed by atoms with Crippen molar-refractivity contribution < 1.29 is 18.0 Å². The van der Waals surface area contributed by atoms with Crippen LogP contribution >= 0.6 is 11.6 Å². The van der Waals surface area contributed by atoms with Gasteiger partial charge in [-0.3, -0.25) is 4.79 Å². The highest BCUT2D eigenvalue weighted by Crippen LogP contribution is 2.33. The Labute approximate surface area is 199 Å². The van der Waals surface area contributed by atoms with Gasteiger partial charge in [0.2, 0.25) is 5.91 Å².